The van der Waals surface area contributed by atoms with Crippen molar-refractivity contribution in [3.05, 3.63) is 12.0 Å². The van der Waals surface area contributed by atoms with Gasteiger partial charge in [0.1, 0.15) is 12.0 Å². The highest BCUT2D eigenvalue weighted by atomic mass is 16.1. The summed E-state index contributed by atoms with van der Waals surface area (Å²) in [4.78, 5) is 28.2. The Morgan fingerprint density at radius 1 is 1.57 bits per heavy atom. The molecule has 4 N–H and O–H groups in total. The number of aliphatic imine (C=N–C) groups is 1. The van der Waals surface area contributed by atoms with E-state index in [0.717, 1.165) is 0 Å². The SMILES string of the molecule is NC(N)=Nc1c(C=O)ncn1CC=O. The molecule has 1 heterocycles. The van der Waals surface area contributed by atoms with Crippen molar-refractivity contribution >= 4 is 24.3 Å². The van der Waals surface area contributed by atoms with Crippen LogP contribution in [0, 0.1) is 0 Å². The van der Waals surface area contributed by atoms with Crippen molar-refractivity contribution in [1.29, 1.82) is 0 Å². The smallest absolute Gasteiger partial charge is 0.192 e. The van der Waals surface area contributed by atoms with Crippen LogP contribution in [0.1, 0.15) is 10.5 Å². The molecule has 7 nitrogen and oxygen atoms in total. The number of guanidine groups is 1. The van der Waals surface area contributed by atoms with Crippen LogP contribution in [-0.2, 0) is 11.3 Å². The first-order chi connectivity index (χ1) is 6.69. The van der Waals surface area contributed by atoms with Gasteiger partial charge in [-0.3, -0.25) is 4.79 Å². The lowest BCUT2D eigenvalue weighted by Gasteiger charge is -1.99. The van der Waals surface area contributed by atoms with Crippen molar-refractivity contribution in [2.24, 2.45) is 16.5 Å². The molecule has 0 bridgehead atoms. The van der Waals surface area contributed by atoms with Crippen molar-refractivity contribution in [1.82, 2.24) is 9.55 Å². The Balaban J connectivity index is 3.18. The summed E-state index contributed by atoms with van der Waals surface area (Å²) < 4.78 is 1.37. The lowest BCUT2D eigenvalue weighted by molar-refractivity contribution is -0.108. The molecule has 0 spiro atoms. The first kappa shape index (κ1) is 9.90. The van der Waals surface area contributed by atoms with Crippen LogP contribution in [-0.4, -0.2) is 28.1 Å². The molecule has 0 aliphatic heterocycles. The number of nitrogens with zero attached hydrogens (tertiary/aromatic N) is 3. The predicted molar refractivity (Wildman–Crippen MR) is 49.1 cm³/mol. The molecule has 0 amide bonds. The van der Waals surface area contributed by atoms with Gasteiger partial charge in [-0.2, -0.15) is 4.99 Å². The highest BCUT2D eigenvalue weighted by Crippen LogP contribution is 2.15. The number of aromatic nitrogens is 2. The molecule has 1 rings (SSSR count). The molecule has 7 heteroatoms. The first-order valence-corrected chi connectivity index (χ1v) is 3.72. The van der Waals surface area contributed by atoms with Gasteiger partial charge >= 0.3 is 0 Å². The van der Waals surface area contributed by atoms with E-state index in [0.29, 0.717) is 12.6 Å². The molecule has 0 atom stereocenters. The van der Waals surface area contributed by atoms with Crippen LogP contribution in [0.5, 0.6) is 0 Å². The first-order valence-electron chi connectivity index (χ1n) is 3.72. The monoisotopic (exact) mass is 195 g/mol. The second-order valence-electron chi connectivity index (χ2n) is 2.43. The van der Waals surface area contributed by atoms with Crippen LogP contribution in [0.3, 0.4) is 0 Å². The van der Waals surface area contributed by atoms with E-state index in [1.807, 2.05) is 0 Å². The Hall–Kier alpha value is -2.18. The Morgan fingerprint density at radius 2 is 2.29 bits per heavy atom. The summed E-state index contributed by atoms with van der Waals surface area (Å²) in [5.41, 5.74) is 10.4. The second kappa shape index (κ2) is 4.17. The fourth-order valence-corrected chi connectivity index (χ4v) is 0.932. The predicted octanol–water partition coefficient (Wildman–Crippen LogP) is -1.20. The van der Waals surface area contributed by atoms with Gasteiger partial charge in [0.2, 0.25) is 0 Å². The van der Waals surface area contributed by atoms with Crippen LogP contribution in [0.25, 0.3) is 0 Å². The van der Waals surface area contributed by atoms with E-state index in [4.69, 9.17) is 11.5 Å². The van der Waals surface area contributed by atoms with Crippen molar-refractivity contribution in [3.8, 4) is 0 Å². The number of hydrogen-bond donors (Lipinski definition) is 2. The molecule has 14 heavy (non-hydrogen) atoms. The van der Waals surface area contributed by atoms with Gasteiger partial charge in [0.25, 0.3) is 0 Å². The summed E-state index contributed by atoms with van der Waals surface area (Å²) in [5.74, 6) is -0.00662. The number of hydrogen-bond acceptors (Lipinski definition) is 4. The Kier molecular flexibility index (Phi) is 2.95. The van der Waals surface area contributed by atoms with Crippen LogP contribution >= 0.6 is 0 Å². The largest absolute Gasteiger partial charge is 0.370 e. The van der Waals surface area contributed by atoms with Crippen LogP contribution in [0.4, 0.5) is 5.82 Å². The number of imidazole rings is 1. The van der Waals surface area contributed by atoms with Crippen LogP contribution in [0.15, 0.2) is 11.3 Å². The van der Waals surface area contributed by atoms with Gasteiger partial charge in [0.15, 0.2) is 18.1 Å². The molecule has 74 valence electrons. The van der Waals surface area contributed by atoms with Gasteiger partial charge in [-0.25, -0.2) is 4.98 Å². The minimum Gasteiger partial charge on any atom is -0.370 e. The van der Waals surface area contributed by atoms with E-state index in [1.54, 1.807) is 0 Å². The fourth-order valence-electron chi connectivity index (χ4n) is 0.932. The lowest BCUT2D eigenvalue weighted by atomic mass is 10.4. The van der Waals surface area contributed by atoms with E-state index in [1.165, 1.54) is 10.9 Å². The van der Waals surface area contributed by atoms with Gasteiger partial charge < -0.3 is 20.8 Å². The second-order valence-corrected chi connectivity index (χ2v) is 2.43. The summed E-state index contributed by atoms with van der Waals surface area (Å²) >= 11 is 0. The number of carbonyl (C=O) groups excluding carboxylic acids is 2. The van der Waals surface area contributed by atoms with E-state index in [2.05, 4.69) is 9.98 Å². The van der Waals surface area contributed by atoms with Gasteiger partial charge in [-0.15, -0.1) is 0 Å². The maximum absolute atomic E-state index is 10.5. The summed E-state index contributed by atoms with van der Waals surface area (Å²) in [5, 5.41) is 0. The van der Waals surface area contributed by atoms with Crippen LogP contribution in [0.2, 0.25) is 0 Å². The molecule has 1 aromatic heterocycles. The summed E-state index contributed by atoms with van der Waals surface area (Å²) in [6.07, 6.45) is 2.49. The zero-order chi connectivity index (χ0) is 10.6. The zero-order valence-electron chi connectivity index (χ0n) is 7.25. The number of nitrogens with two attached hydrogens (primary N) is 2. The van der Waals surface area contributed by atoms with Crippen molar-refractivity contribution < 1.29 is 9.59 Å². The minimum atomic E-state index is -0.194. The van der Waals surface area contributed by atoms with E-state index >= 15 is 0 Å². The Bertz CT molecular complexity index is 377. The average molecular weight is 195 g/mol. The molecule has 0 aliphatic carbocycles. The zero-order valence-corrected chi connectivity index (χ0v) is 7.25. The van der Waals surface area contributed by atoms with E-state index < -0.39 is 0 Å². The molecule has 0 radical (unpaired) electrons. The molecule has 0 unspecified atom stereocenters. The molecule has 0 aliphatic rings. The van der Waals surface area contributed by atoms with Crippen molar-refractivity contribution in [2.45, 2.75) is 6.54 Å². The van der Waals surface area contributed by atoms with Crippen molar-refractivity contribution in [3.63, 3.8) is 0 Å². The van der Waals surface area contributed by atoms with E-state index in [9.17, 15) is 9.59 Å². The average Bonchev–Trinajstić information content (AvgIpc) is 2.48. The van der Waals surface area contributed by atoms with Gasteiger partial charge in [-0.05, 0) is 0 Å². The molecular weight excluding hydrogens is 186 g/mol. The molecule has 1 aromatic rings. The standard InChI is InChI=1S/C7H9N5O2/c8-7(9)11-6-5(3-14)10-4-12(6)1-2-13/h2-4H,1H2,(H4,8,9,11). The minimum absolute atomic E-state index is 0.0486. The normalized spacial score (nSPS) is 9.43. The van der Waals surface area contributed by atoms with Crippen molar-refractivity contribution in [2.75, 3.05) is 0 Å². The molecule has 0 saturated heterocycles. The number of aldehydes is 2. The maximum atomic E-state index is 10.5. The topological polar surface area (TPSA) is 116 Å². The quantitative estimate of drug-likeness (QED) is 0.355. The van der Waals surface area contributed by atoms with Gasteiger partial charge in [0, 0.05) is 0 Å². The highest BCUT2D eigenvalue weighted by Gasteiger charge is 2.08. The number of carbonyl (C=O) groups is 2. The van der Waals surface area contributed by atoms with Gasteiger partial charge in [-0.1, -0.05) is 0 Å². The highest BCUT2D eigenvalue weighted by molar-refractivity contribution is 5.84. The fraction of sp³-hybridized carbons (Fsp3) is 0.143. The third kappa shape index (κ3) is 1.94. The van der Waals surface area contributed by atoms with Crippen LogP contribution < -0.4 is 11.5 Å². The third-order valence-corrected chi connectivity index (χ3v) is 1.46. The third-order valence-electron chi connectivity index (χ3n) is 1.46. The molecule has 0 aromatic carbocycles. The summed E-state index contributed by atoms with van der Waals surface area (Å²) in [7, 11) is 0. The lowest BCUT2D eigenvalue weighted by Crippen LogP contribution is -2.22. The summed E-state index contributed by atoms with van der Waals surface area (Å²) in [6.45, 7) is 0.0486. The van der Waals surface area contributed by atoms with Gasteiger partial charge in [0.05, 0.1) is 12.9 Å². The molecular formula is C7H9N5O2. The Morgan fingerprint density at radius 3 is 2.79 bits per heavy atom. The summed E-state index contributed by atoms with van der Waals surface area (Å²) in [6, 6.07) is 0. The molecule has 0 fully saturated rings. The maximum Gasteiger partial charge on any atom is 0.192 e. The number of rotatable bonds is 4. The van der Waals surface area contributed by atoms with E-state index in [-0.39, 0.29) is 24.0 Å². The molecule has 0 saturated carbocycles. The Labute approximate surface area is 79.4 Å².